The van der Waals surface area contributed by atoms with Gasteiger partial charge in [0.05, 0.1) is 11.9 Å². The highest BCUT2D eigenvalue weighted by Crippen LogP contribution is 2.21. The summed E-state index contributed by atoms with van der Waals surface area (Å²) in [6.07, 6.45) is 5.79. The number of nitrogens with zero attached hydrogens (tertiary/aromatic N) is 2. The zero-order valence-electron chi connectivity index (χ0n) is 9.02. The predicted octanol–water partition coefficient (Wildman–Crippen LogP) is 1.14. The Labute approximate surface area is 90.0 Å². The van der Waals surface area contributed by atoms with Crippen LogP contribution in [-0.4, -0.2) is 36.1 Å². The molecule has 1 unspecified atom stereocenters. The number of rotatable bonds is 3. The molecule has 1 atom stereocenters. The summed E-state index contributed by atoms with van der Waals surface area (Å²) in [6, 6.07) is 2.34. The lowest BCUT2D eigenvalue weighted by Crippen LogP contribution is -2.30. The molecule has 1 aliphatic heterocycles. The first kappa shape index (κ1) is 10.2. The minimum absolute atomic E-state index is 0.526. The van der Waals surface area contributed by atoms with Crippen LogP contribution >= 0.6 is 0 Å². The molecule has 1 fully saturated rings. The first-order valence-electron chi connectivity index (χ1n) is 5.30. The summed E-state index contributed by atoms with van der Waals surface area (Å²) >= 11 is 0. The topological polar surface area (TPSA) is 51.4 Å². The van der Waals surface area contributed by atoms with Crippen molar-refractivity contribution in [1.82, 2.24) is 9.88 Å². The predicted molar refractivity (Wildman–Crippen MR) is 59.8 cm³/mol. The van der Waals surface area contributed by atoms with Crippen molar-refractivity contribution in [2.45, 2.75) is 18.9 Å². The fourth-order valence-corrected chi connectivity index (χ4v) is 1.90. The Hall–Kier alpha value is -1.29. The van der Waals surface area contributed by atoms with Crippen LogP contribution in [0.2, 0.25) is 0 Å². The molecular weight excluding hydrogens is 190 g/mol. The number of nitrogens with two attached hydrogens (primary N) is 1. The zero-order valence-corrected chi connectivity index (χ0v) is 9.02. The van der Waals surface area contributed by atoms with E-state index in [1.807, 2.05) is 6.07 Å². The largest absolute Gasteiger partial charge is 0.490 e. The molecule has 0 aromatic carbocycles. The molecule has 4 nitrogen and oxygen atoms in total. The Morgan fingerprint density at radius 3 is 3.20 bits per heavy atom. The average molecular weight is 207 g/mol. The van der Waals surface area contributed by atoms with E-state index in [9.17, 15) is 0 Å². The van der Waals surface area contributed by atoms with Crippen molar-refractivity contribution in [2.24, 2.45) is 0 Å². The van der Waals surface area contributed by atoms with Gasteiger partial charge in [0, 0.05) is 18.3 Å². The standard InChI is InChI=1S/C11H17N3O/c1-14-6-2-3-9(14)8-15-11-4-5-13-7-10(11)12/h4-5,7,9H,2-3,6,8,12H2,1H3. The van der Waals surface area contributed by atoms with E-state index in [0.29, 0.717) is 18.3 Å². The Balaban J connectivity index is 1.90. The monoisotopic (exact) mass is 207 g/mol. The van der Waals surface area contributed by atoms with Crippen molar-refractivity contribution in [3.05, 3.63) is 18.5 Å². The van der Waals surface area contributed by atoms with Crippen LogP contribution in [0.3, 0.4) is 0 Å². The van der Waals surface area contributed by atoms with Gasteiger partial charge in [0.1, 0.15) is 12.4 Å². The van der Waals surface area contributed by atoms with Crippen molar-refractivity contribution in [3.8, 4) is 5.75 Å². The molecule has 1 aromatic heterocycles. The Bertz CT molecular complexity index is 329. The molecular formula is C11H17N3O. The maximum atomic E-state index is 5.74. The van der Waals surface area contributed by atoms with Crippen LogP contribution in [0.1, 0.15) is 12.8 Å². The van der Waals surface area contributed by atoms with Crippen LogP contribution in [0.25, 0.3) is 0 Å². The van der Waals surface area contributed by atoms with Gasteiger partial charge in [-0.3, -0.25) is 4.98 Å². The summed E-state index contributed by atoms with van der Waals surface area (Å²) in [5.74, 6) is 0.741. The summed E-state index contributed by atoms with van der Waals surface area (Å²) in [7, 11) is 2.14. The molecule has 0 spiro atoms. The first-order valence-corrected chi connectivity index (χ1v) is 5.30. The van der Waals surface area contributed by atoms with Crippen molar-refractivity contribution in [3.63, 3.8) is 0 Å². The van der Waals surface area contributed by atoms with E-state index >= 15 is 0 Å². The molecule has 1 aromatic rings. The lowest BCUT2D eigenvalue weighted by molar-refractivity contribution is 0.199. The van der Waals surface area contributed by atoms with E-state index < -0.39 is 0 Å². The summed E-state index contributed by atoms with van der Waals surface area (Å²) in [5.41, 5.74) is 6.35. The SMILES string of the molecule is CN1CCCC1COc1ccncc1N. The number of anilines is 1. The quantitative estimate of drug-likeness (QED) is 0.807. The minimum atomic E-state index is 0.526. The van der Waals surface area contributed by atoms with Gasteiger partial charge in [-0.05, 0) is 26.4 Å². The van der Waals surface area contributed by atoms with Gasteiger partial charge >= 0.3 is 0 Å². The number of ether oxygens (including phenoxy) is 1. The second-order valence-corrected chi connectivity index (χ2v) is 4.00. The second kappa shape index (κ2) is 4.49. The lowest BCUT2D eigenvalue weighted by atomic mass is 10.2. The number of likely N-dealkylation sites (N-methyl/N-ethyl adjacent to an activating group) is 1. The minimum Gasteiger partial charge on any atom is -0.490 e. The maximum Gasteiger partial charge on any atom is 0.145 e. The molecule has 0 saturated carbocycles. The Morgan fingerprint density at radius 2 is 2.53 bits per heavy atom. The lowest BCUT2D eigenvalue weighted by Gasteiger charge is -2.19. The third-order valence-corrected chi connectivity index (χ3v) is 2.91. The highest BCUT2D eigenvalue weighted by atomic mass is 16.5. The van der Waals surface area contributed by atoms with Gasteiger partial charge < -0.3 is 15.4 Å². The van der Waals surface area contributed by atoms with Gasteiger partial charge in [-0.25, -0.2) is 0 Å². The molecule has 2 heterocycles. The molecule has 4 heteroatoms. The molecule has 0 bridgehead atoms. The Morgan fingerprint density at radius 1 is 1.67 bits per heavy atom. The number of hydrogen-bond donors (Lipinski definition) is 1. The van der Waals surface area contributed by atoms with Gasteiger partial charge in [-0.15, -0.1) is 0 Å². The maximum absolute atomic E-state index is 5.74. The van der Waals surface area contributed by atoms with E-state index in [0.717, 1.165) is 5.75 Å². The van der Waals surface area contributed by atoms with E-state index in [4.69, 9.17) is 10.5 Å². The molecule has 2 N–H and O–H groups in total. The molecule has 82 valence electrons. The zero-order chi connectivity index (χ0) is 10.7. The third-order valence-electron chi connectivity index (χ3n) is 2.91. The smallest absolute Gasteiger partial charge is 0.145 e. The molecule has 15 heavy (non-hydrogen) atoms. The molecule has 1 saturated heterocycles. The van der Waals surface area contributed by atoms with Crippen molar-refractivity contribution in [1.29, 1.82) is 0 Å². The van der Waals surface area contributed by atoms with Crippen LogP contribution in [0.5, 0.6) is 5.75 Å². The van der Waals surface area contributed by atoms with Crippen LogP contribution in [0, 0.1) is 0 Å². The van der Waals surface area contributed by atoms with E-state index in [1.54, 1.807) is 12.4 Å². The fraction of sp³-hybridized carbons (Fsp3) is 0.545. The van der Waals surface area contributed by atoms with Gasteiger partial charge in [0.25, 0.3) is 0 Å². The summed E-state index contributed by atoms with van der Waals surface area (Å²) in [6.45, 7) is 1.88. The first-order chi connectivity index (χ1) is 7.27. The van der Waals surface area contributed by atoms with Crippen molar-refractivity contribution >= 4 is 5.69 Å². The number of hydrogen-bond acceptors (Lipinski definition) is 4. The van der Waals surface area contributed by atoms with E-state index in [1.165, 1.54) is 19.4 Å². The summed E-state index contributed by atoms with van der Waals surface area (Å²) < 4.78 is 5.68. The number of nitrogen functional groups attached to an aromatic ring is 1. The number of aromatic nitrogens is 1. The normalized spacial score (nSPS) is 21.8. The second-order valence-electron chi connectivity index (χ2n) is 4.00. The van der Waals surface area contributed by atoms with Gasteiger partial charge in [0.15, 0.2) is 0 Å². The number of likely N-dealkylation sites (tertiary alicyclic amines) is 1. The van der Waals surface area contributed by atoms with Crippen LogP contribution in [-0.2, 0) is 0 Å². The van der Waals surface area contributed by atoms with Crippen molar-refractivity contribution in [2.75, 3.05) is 25.9 Å². The van der Waals surface area contributed by atoms with Crippen LogP contribution < -0.4 is 10.5 Å². The Kier molecular flexibility index (Phi) is 3.06. The molecule has 0 amide bonds. The van der Waals surface area contributed by atoms with Crippen LogP contribution in [0.15, 0.2) is 18.5 Å². The van der Waals surface area contributed by atoms with E-state index in [-0.39, 0.29) is 0 Å². The number of pyridine rings is 1. The third kappa shape index (κ3) is 2.39. The average Bonchev–Trinajstić information content (AvgIpc) is 2.63. The van der Waals surface area contributed by atoms with Crippen molar-refractivity contribution < 1.29 is 4.74 Å². The van der Waals surface area contributed by atoms with Gasteiger partial charge in [-0.2, -0.15) is 0 Å². The highest BCUT2D eigenvalue weighted by Gasteiger charge is 2.21. The summed E-state index contributed by atoms with van der Waals surface area (Å²) in [5, 5.41) is 0. The molecule has 2 rings (SSSR count). The highest BCUT2D eigenvalue weighted by molar-refractivity contribution is 5.49. The molecule has 0 radical (unpaired) electrons. The molecule has 0 aliphatic carbocycles. The molecule has 1 aliphatic rings. The fourth-order valence-electron chi connectivity index (χ4n) is 1.90. The summed E-state index contributed by atoms with van der Waals surface area (Å²) in [4.78, 5) is 6.25. The van der Waals surface area contributed by atoms with Gasteiger partial charge in [0.2, 0.25) is 0 Å². The van der Waals surface area contributed by atoms with E-state index in [2.05, 4.69) is 16.9 Å². The van der Waals surface area contributed by atoms with Gasteiger partial charge in [-0.1, -0.05) is 0 Å². The van der Waals surface area contributed by atoms with Crippen LogP contribution in [0.4, 0.5) is 5.69 Å².